The second-order valence-corrected chi connectivity index (χ2v) is 7.78. The Labute approximate surface area is 116 Å². The summed E-state index contributed by atoms with van der Waals surface area (Å²) in [6.07, 6.45) is 0. The largest absolute Gasteiger partial charge is 0.237 e. The number of benzene rings is 1. The summed E-state index contributed by atoms with van der Waals surface area (Å²) in [5.41, 5.74) is -0.165. The van der Waals surface area contributed by atoms with Crippen LogP contribution in [-0.4, -0.2) is 9.75 Å². The maximum absolute atomic E-state index is 12.3. The summed E-state index contributed by atoms with van der Waals surface area (Å²) in [6.45, 7) is 6.03. The van der Waals surface area contributed by atoms with Gasteiger partial charge in [0.05, 0.1) is 9.60 Å². The highest BCUT2D eigenvalue weighted by Gasteiger charge is 2.17. The number of fused-ring (bicyclic) bond motifs is 1. The van der Waals surface area contributed by atoms with Crippen molar-refractivity contribution >= 4 is 48.3 Å². The van der Waals surface area contributed by atoms with E-state index in [0.29, 0.717) is 0 Å². The molecule has 2 aromatic rings. The molecule has 0 fully saturated rings. The zero-order valence-corrected chi connectivity index (χ0v) is 13.1. The third-order valence-corrected chi connectivity index (χ3v) is 5.43. The van der Waals surface area contributed by atoms with Crippen LogP contribution in [-0.2, 0) is 11.0 Å². The summed E-state index contributed by atoms with van der Waals surface area (Å²) in [7, 11) is -1.17. The maximum Gasteiger partial charge on any atom is 0.126 e. The Balaban J connectivity index is 2.46. The van der Waals surface area contributed by atoms with Crippen molar-refractivity contribution in [2.75, 3.05) is 0 Å². The first kappa shape index (κ1) is 13.2. The highest BCUT2D eigenvalue weighted by Crippen LogP contribution is 2.32. The van der Waals surface area contributed by atoms with Crippen molar-refractivity contribution in [3.63, 3.8) is 0 Å². The van der Waals surface area contributed by atoms with Gasteiger partial charge >= 0.3 is 0 Å². The summed E-state index contributed by atoms with van der Waals surface area (Å²) < 4.78 is 17.5. The second-order valence-electron chi connectivity index (χ2n) is 4.83. The summed E-state index contributed by atoms with van der Waals surface area (Å²) in [4.78, 5) is 0.855. The monoisotopic (exact) mass is 331 g/mol. The van der Waals surface area contributed by atoms with Crippen molar-refractivity contribution in [2.24, 2.45) is 0 Å². The van der Waals surface area contributed by atoms with Gasteiger partial charge in [0, 0.05) is 15.4 Å². The lowest BCUT2D eigenvalue weighted by atomic mass is 10.1. The van der Waals surface area contributed by atoms with E-state index < -0.39 is 11.0 Å². The van der Waals surface area contributed by atoms with Crippen LogP contribution < -0.4 is 4.72 Å². The van der Waals surface area contributed by atoms with E-state index in [9.17, 15) is 4.21 Å². The fourth-order valence-corrected chi connectivity index (χ4v) is 4.41. The number of hydrogen-bond donors (Lipinski definition) is 1. The minimum absolute atomic E-state index is 0.165. The van der Waals surface area contributed by atoms with Crippen LogP contribution in [0.15, 0.2) is 32.9 Å². The van der Waals surface area contributed by atoms with Gasteiger partial charge < -0.3 is 0 Å². The molecule has 17 heavy (non-hydrogen) atoms. The molecule has 0 bridgehead atoms. The van der Waals surface area contributed by atoms with Crippen LogP contribution in [0.25, 0.3) is 10.1 Å². The zero-order valence-electron chi connectivity index (χ0n) is 9.91. The molecule has 1 aromatic carbocycles. The molecule has 5 heteroatoms. The van der Waals surface area contributed by atoms with Gasteiger partial charge in [0.15, 0.2) is 0 Å². The third-order valence-electron chi connectivity index (χ3n) is 2.13. The molecule has 92 valence electrons. The molecule has 1 N–H and O–H groups in total. The van der Waals surface area contributed by atoms with Gasteiger partial charge in [0.25, 0.3) is 0 Å². The molecular formula is C12H14BrNOS2. The van der Waals surface area contributed by atoms with Gasteiger partial charge in [-0.15, -0.1) is 11.3 Å². The minimum Gasteiger partial charge on any atom is -0.237 e. The lowest BCUT2D eigenvalue weighted by molar-refractivity contribution is 0.520. The van der Waals surface area contributed by atoms with Crippen LogP contribution in [0.5, 0.6) is 0 Å². The van der Waals surface area contributed by atoms with Gasteiger partial charge in [0.1, 0.15) is 11.0 Å². The van der Waals surface area contributed by atoms with Gasteiger partial charge in [-0.25, -0.2) is 8.93 Å². The molecule has 1 atom stereocenters. The van der Waals surface area contributed by atoms with Crippen LogP contribution in [0.1, 0.15) is 20.8 Å². The molecule has 2 nitrogen and oxygen atoms in total. The summed E-state index contributed by atoms with van der Waals surface area (Å²) >= 11 is 5.13. The topological polar surface area (TPSA) is 29.1 Å². The Bertz CT molecular complexity index is 571. The summed E-state index contributed by atoms with van der Waals surface area (Å²) in [6, 6.07) is 5.91. The quantitative estimate of drug-likeness (QED) is 0.882. The molecule has 0 spiro atoms. The Kier molecular flexibility index (Phi) is 3.73. The fraction of sp³-hybridized carbons (Fsp3) is 0.333. The number of thiophene rings is 1. The maximum atomic E-state index is 12.3. The molecule has 1 heterocycles. The lowest BCUT2D eigenvalue weighted by Gasteiger charge is -2.19. The molecule has 0 radical (unpaired) electrons. The van der Waals surface area contributed by atoms with E-state index in [-0.39, 0.29) is 5.54 Å². The van der Waals surface area contributed by atoms with E-state index in [2.05, 4.69) is 20.7 Å². The van der Waals surface area contributed by atoms with Gasteiger partial charge in [-0.3, -0.25) is 0 Å². The SMILES string of the molecule is CC(C)(C)NS(=O)c1ccc(Br)c2ccsc12. The normalized spacial score (nSPS) is 14.1. The molecule has 0 aliphatic rings. The predicted molar refractivity (Wildman–Crippen MR) is 78.8 cm³/mol. The molecule has 1 unspecified atom stereocenters. The first-order valence-corrected chi connectivity index (χ1v) is 8.06. The van der Waals surface area contributed by atoms with Crippen molar-refractivity contribution in [3.8, 4) is 0 Å². The average Bonchev–Trinajstić information content (AvgIpc) is 2.64. The smallest absolute Gasteiger partial charge is 0.126 e. The lowest BCUT2D eigenvalue weighted by Crippen LogP contribution is -2.37. The molecule has 0 aliphatic heterocycles. The van der Waals surface area contributed by atoms with Crippen LogP contribution in [0, 0.1) is 0 Å². The molecule has 0 saturated carbocycles. The third kappa shape index (κ3) is 2.96. The number of halogens is 1. The van der Waals surface area contributed by atoms with Crippen molar-refractivity contribution in [3.05, 3.63) is 28.1 Å². The fourth-order valence-electron chi connectivity index (χ4n) is 1.48. The van der Waals surface area contributed by atoms with E-state index in [4.69, 9.17) is 0 Å². The molecule has 0 aliphatic carbocycles. The molecule has 0 amide bonds. The van der Waals surface area contributed by atoms with Crippen molar-refractivity contribution in [2.45, 2.75) is 31.2 Å². The molecule has 0 saturated heterocycles. The number of hydrogen-bond acceptors (Lipinski definition) is 2. The van der Waals surface area contributed by atoms with E-state index in [0.717, 1.165) is 19.5 Å². The standard InChI is InChI=1S/C12H14BrNOS2/c1-12(2,3)14-17(15)10-5-4-9(13)8-6-7-16-11(8)10/h4-7,14H,1-3H3. The van der Waals surface area contributed by atoms with Gasteiger partial charge in [0.2, 0.25) is 0 Å². The average molecular weight is 332 g/mol. The van der Waals surface area contributed by atoms with Gasteiger partial charge in [-0.2, -0.15) is 0 Å². The van der Waals surface area contributed by atoms with E-state index in [1.807, 2.05) is 44.4 Å². The van der Waals surface area contributed by atoms with Crippen molar-refractivity contribution in [1.82, 2.24) is 4.72 Å². The summed E-state index contributed by atoms with van der Waals surface area (Å²) in [5, 5.41) is 3.14. The van der Waals surface area contributed by atoms with Crippen molar-refractivity contribution < 1.29 is 4.21 Å². The predicted octanol–water partition coefficient (Wildman–Crippen LogP) is 4.07. The van der Waals surface area contributed by atoms with E-state index in [1.54, 1.807) is 11.3 Å². The van der Waals surface area contributed by atoms with Gasteiger partial charge in [-0.1, -0.05) is 15.9 Å². The van der Waals surface area contributed by atoms with Gasteiger partial charge in [-0.05, 0) is 44.4 Å². The van der Waals surface area contributed by atoms with Crippen LogP contribution >= 0.6 is 27.3 Å². The highest BCUT2D eigenvalue weighted by molar-refractivity contribution is 9.10. The minimum atomic E-state index is -1.17. The highest BCUT2D eigenvalue weighted by atomic mass is 79.9. The zero-order chi connectivity index (χ0) is 12.6. The Morgan fingerprint density at radius 2 is 2.00 bits per heavy atom. The molecule has 1 aromatic heterocycles. The first-order chi connectivity index (χ1) is 7.88. The van der Waals surface area contributed by atoms with E-state index >= 15 is 0 Å². The Hall–Kier alpha value is -0.230. The van der Waals surface area contributed by atoms with Crippen LogP contribution in [0.2, 0.25) is 0 Å². The number of rotatable bonds is 2. The molecular weight excluding hydrogens is 318 g/mol. The Morgan fingerprint density at radius 1 is 1.29 bits per heavy atom. The van der Waals surface area contributed by atoms with Crippen molar-refractivity contribution in [1.29, 1.82) is 0 Å². The van der Waals surface area contributed by atoms with Crippen LogP contribution in [0.4, 0.5) is 0 Å². The first-order valence-electron chi connectivity index (χ1n) is 5.24. The molecule has 2 rings (SSSR count). The van der Waals surface area contributed by atoms with E-state index in [1.165, 1.54) is 0 Å². The summed E-state index contributed by atoms with van der Waals surface area (Å²) in [5.74, 6) is 0. The van der Waals surface area contributed by atoms with Crippen LogP contribution in [0.3, 0.4) is 0 Å². The number of nitrogens with one attached hydrogen (secondary N) is 1. The second kappa shape index (κ2) is 4.80. The Morgan fingerprint density at radius 3 is 2.65 bits per heavy atom.